The van der Waals surface area contributed by atoms with Gasteiger partial charge in [0.25, 0.3) is 0 Å². The molecule has 0 N–H and O–H groups in total. The predicted molar refractivity (Wildman–Crippen MR) is 92.0 cm³/mol. The molecule has 1 aromatic carbocycles. The Morgan fingerprint density at radius 1 is 1.04 bits per heavy atom. The van der Waals surface area contributed by atoms with Crippen molar-refractivity contribution in [2.75, 3.05) is 0 Å². The van der Waals surface area contributed by atoms with E-state index in [1.54, 1.807) is 18.2 Å². The molecule has 1 aromatic rings. The molecular weight excluding hydrogens is 374 g/mol. The minimum absolute atomic E-state index is 0.173. The largest absolute Gasteiger partial charge is 0.460 e. The molecule has 3 bridgehead atoms. The first kappa shape index (κ1) is 18.4. The molecule has 3 aliphatic rings. The summed E-state index contributed by atoms with van der Waals surface area (Å²) in [6, 6.07) is 7.03. The molecule has 0 aromatic heterocycles. The highest BCUT2D eigenvalue weighted by Gasteiger charge is 2.64. The van der Waals surface area contributed by atoms with Crippen LogP contribution in [-0.2, 0) is 33.8 Å². The highest BCUT2D eigenvalue weighted by atomic mass is 32.2. The van der Waals surface area contributed by atoms with Crippen molar-refractivity contribution in [3.63, 3.8) is 0 Å². The Labute approximate surface area is 157 Å². The molecule has 0 aliphatic carbocycles. The summed E-state index contributed by atoms with van der Waals surface area (Å²) in [7, 11) is -3.83. The van der Waals surface area contributed by atoms with Crippen molar-refractivity contribution < 1.29 is 32.2 Å². The fourth-order valence-corrected chi connectivity index (χ4v) is 6.38. The van der Waals surface area contributed by atoms with Crippen LogP contribution in [0.4, 0.5) is 0 Å². The fourth-order valence-electron chi connectivity index (χ4n) is 4.51. The molecule has 3 fully saturated rings. The van der Waals surface area contributed by atoms with E-state index in [1.165, 1.54) is 30.3 Å². The van der Waals surface area contributed by atoms with Gasteiger partial charge in [0.1, 0.15) is 18.3 Å². The van der Waals surface area contributed by atoms with E-state index in [1.807, 2.05) is 0 Å². The molecule has 0 spiro atoms. The quantitative estimate of drug-likeness (QED) is 0.697. The maximum absolute atomic E-state index is 13.3. The summed E-state index contributed by atoms with van der Waals surface area (Å²) in [4.78, 5) is 23.3. The lowest BCUT2D eigenvalue weighted by molar-refractivity contribution is -0.159. The van der Waals surface area contributed by atoms with E-state index in [4.69, 9.17) is 14.2 Å². The summed E-state index contributed by atoms with van der Waals surface area (Å²) in [5.74, 6) is -0.951. The molecular formula is C18H21NO7S. The van der Waals surface area contributed by atoms with Gasteiger partial charge in [0.2, 0.25) is 10.0 Å². The van der Waals surface area contributed by atoms with Crippen LogP contribution in [0.2, 0.25) is 0 Å². The van der Waals surface area contributed by atoms with Crippen LogP contribution in [0.25, 0.3) is 0 Å². The average Bonchev–Trinajstić information content (AvgIpc) is 2.94. The van der Waals surface area contributed by atoms with Gasteiger partial charge in [-0.2, -0.15) is 4.31 Å². The maximum Gasteiger partial charge on any atom is 0.303 e. The van der Waals surface area contributed by atoms with Gasteiger partial charge in [0.15, 0.2) is 0 Å². The molecule has 0 radical (unpaired) electrons. The maximum atomic E-state index is 13.3. The molecule has 146 valence electrons. The van der Waals surface area contributed by atoms with Gasteiger partial charge >= 0.3 is 11.9 Å². The third-order valence-corrected chi connectivity index (χ3v) is 7.33. The van der Waals surface area contributed by atoms with Crippen LogP contribution in [0, 0.1) is 0 Å². The molecule has 4 rings (SSSR count). The summed E-state index contributed by atoms with van der Waals surface area (Å²) in [5.41, 5.74) is 0. The number of carbonyl (C=O) groups excluding carboxylic acids is 2. The Morgan fingerprint density at radius 3 is 2.33 bits per heavy atom. The number of nitrogens with zero attached hydrogens (tertiary/aromatic N) is 1. The Balaban J connectivity index is 1.75. The topological polar surface area (TPSA) is 99.2 Å². The summed E-state index contributed by atoms with van der Waals surface area (Å²) in [6.07, 6.45) is -1.66. The number of piperidine rings is 2. The average molecular weight is 395 g/mol. The second-order valence-electron chi connectivity index (χ2n) is 7.12. The van der Waals surface area contributed by atoms with Crippen LogP contribution in [0.15, 0.2) is 35.2 Å². The summed E-state index contributed by atoms with van der Waals surface area (Å²) >= 11 is 0. The van der Waals surface area contributed by atoms with Gasteiger partial charge in [-0.15, -0.1) is 0 Å². The molecule has 8 nitrogen and oxygen atoms in total. The van der Waals surface area contributed by atoms with Crippen molar-refractivity contribution in [1.82, 2.24) is 4.31 Å². The summed E-state index contributed by atoms with van der Waals surface area (Å²) in [5, 5.41) is 0. The van der Waals surface area contributed by atoms with Gasteiger partial charge < -0.3 is 14.2 Å². The Morgan fingerprint density at radius 2 is 1.70 bits per heavy atom. The van der Waals surface area contributed by atoms with E-state index >= 15 is 0 Å². The first-order valence-electron chi connectivity index (χ1n) is 8.87. The zero-order chi connectivity index (χ0) is 19.3. The SMILES string of the molecule is CC(=O)O[C@H]1[C@H]2C[C@H](OC(C)=O)[C@H]3O[C@@H]1C[C@H]3N2S(=O)(=O)c1ccccc1. The number of hydrogen-bond acceptors (Lipinski definition) is 7. The Kier molecular flexibility index (Phi) is 4.48. The second-order valence-corrected chi connectivity index (χ2v) is 8.96. The van der Waals surface area contributed by atoms with Crippen LogP contribution in [0.5, 0.6) is 0 Å². The number of hydrogen-bond donors (Lipinski definition) is 0. The van der Waals surface area contributed by atoms with Crippen LogP contribution >= 0.6 is 0 Å². The third-order valence-electron chi connectivity index (χ3n) is 5.36. The molecule has 9 heteroatoms. The van der Waals surface area contributed by atoms with E-state index < -0.39 is 58.5 Å². The van der Waals surface area contributed by atoms with Crippen LogP contribution < -0.4 is 0 Å². The van der Waals surface area contributed by atoms with Gasteiger partial charge in [-0.1, -0.05) is 18.2 Å². The number of esters is 2. The molecule has 0 amide bonds. The molecule has 0 unspecified atom stereocenters. The molecule has 6 atom stereocenters. The highest BCUT2D eigenvalue weighted by Crippen LogP contribution is 2.47. The molecule has 0 saturated carbocycles. The Hall–Kier alpha value is -1.97. The second kappa shape index (κ2) is 6.57. The standard InChI is InChI=1S/C18H21NO7S/c1-10(20)24-15-8-13-17(25-11(2)21)16-9-14(18(15)26-16)19(13)27(22,23)12-6-4-3-5-7-12/h3-7,13-18H,8-9H2,1-2H3/t13-,14-,15+,16-,17+,18+/m1/s1. The van der Waals surface area contributed by atoms with E-state index in [2.05, 4.69) is 0 Å². The van der Waals surface area contributed by atoms with Gasteiger partial charge in [-0.3, -0.25) is 9.59 Å². The lowest BCUT2D eigenvalue weighted by Crippen LogP contribution is -2.65. The number of carbonyl (C=O) groups is 2. The highest BCUT2D eigenvalue weighted by molar-refractivity contribution is 7.89. The molecule has 27 heavy (non-hydrogen) atoms. The third kappa shape index (κ3) is 3.03. The van der Waals surface area contributed by atoms with Crippen molar-refractivity contribution in [3.05, 3.63) is 30.3 Å². The van der Waals surface area contributed by atoms with E-state index in [9.17, 15) is 18.0 Å². The van der Waals surface area contributed by atoms with Gasteiger partial charge in [-0.25, -0.2) is 8.42 Å². The lowest BCUT2D eigenvalue weighted by Gasteiger charge is -2.47. The minimum atomic E-state index is -3.83. The van der Waals surface area contributed by atoms with Crippen LogP contribution in [-0.4, -0.2) is 61.2 Å². The monoisotopic (exact) mass is 395 g/mol. The van der Waals surface area contributed by atoms with E-state index in [0.717, 1.165) is 0 Å². The zero-order valence-corrected chi connectivity index (χ0v) is 15.8. The first-order valence-corrected chi connectivity index (χ1v) is 10.3. The van der Waals surface area contributed by atoms with E-state index in [-0.39, 0.29) is 11.3 Å². The van der Waals surface area contributed by atoms with Crippen molar-refractivity contribution in [1.29, 1.82) is 0 Å². The number of rotatable bonds is 4. The van der Waals surface area contributed by atoms with Crippen molar-refractivity contribution in [3.8, 4) is 0 Å². The first-order chi connectivity index (χ1) is 12.8. The zero-order valence-electron chi connectivity index (χ0n) is 15.0. The molecule has 3 aliphatic heterocycles. The van der Waals surface area contributed by atoms with Gasteiger partial charge in [0, 0.05) is 20.3 Å². The van der Waals surface area contributed by atoms with Crippen molar-refractivity contribution >= 4 is 22.0 Å². The smallest absolute Gasteiger partial charge is 0.303 e. The van der Waals surface area contributed by atoms with Crippen molar-refractivity contribution in [2.24, 2.45) is 0 Å². The molecule has 3 heterocycles. The number of ether oxygens (including phenoxy) is 3. The van der Waals surface area contributed by atoms with Crippen molar-refractivity contribution in [2.45, 2.75) is 68.1 Å². The minimum Gasteiger partial charge on any atom is -0.460 e. The summed E-state index contributed by atoms with van der Waals surface area (Å²) < 4.78 is 45.0. The lowest BCUT2D eigenvalue weighted by atomic mass is 9.83. The molecule has 3 saturated heterocycles. The predicted octanol–water partition coefficient (Wildman–Crippen LogP) is 0.853. The van der Waals surface area contributed by atoms with Gasteiger partial charge in [0.05, 0.1) is 23.1 Å². The summed E-state index contributed by atoms with van der Waals surface area (Å²) in [6.45, 7) is 2.60. The van der Waals surface area contributed by atoms with Crippen LogP contribution in [0.1, 0.15) is 26.7 Å². The Bertz CT molecular complexity index is 856. The number of benzene rings is 1. The van der Waals surface area contributed by atoms with E-state index in [0.29, 0.717) is 6.42 Å². The fraction of sp³-hybridized carbons (Fsp3) is 0.556. The normalized spacial score (nSPS) is 35.0. The van der Waals surface area contributed by atoms with Crippen LogP contribution in [0.3, 0.4) is 0 Å². The number of fused-ring (bicyclic) bond motifs is 2. The number of sulfonamides is 1. The van der Waals surface area contributed by atoms with Gasteiger partial charge in [-0.05, 0) is 18.6 Å².